The lowest BCUT2D eigenvalue weighted by molar-refractivity contribution is -0.113. The molecule has 0 spiro atoms. The average Bonchev–Trinajstić information content (AvgIpc) is 3.10. The van der Waals surface area contributed by atoms with E-state index in [9.17, 15) is 4.79 Å². The molecule has 0 unspecified atom stereocenters. The van der Waals surface area contributed by atoms with Crippen LogP contribution in [-0.2, 0) is 17.9 Å². The van der Waals surface area contributed by atoms with Crippen LogP contribution in [0.2, 0.25) is 15.1 Å². The summed E-state index contributed by atoms with van der Waals surface area (Å²) in [5.41, 5.74) is 1.63. The summed E-state index contributed by atoms with van der Waals surface area (Å²) in [5.74, 6) is 1.18. The zero-order valence-corrected chi connectivity index (χ0v) is 19.4. The fraction of sp³-hybridized carbons (Fsp3) is 0.250. The molecule has 1 heterocycles. The van der Waals surface area contributed by atoms with E-state index in [1.165, 1.54) is 11.8 Å². The molecule has 3 rings (SSSR count). The second kappa shape index (κ2) is 10.4. The van der Waals surface area contributed by atoms with Crippen LogP contribution in [-0.4, -0.2) is 26.4 Å². The number of hydrogen-bond acceptors (Lipinski definition) is 5. The largest absolute Gasteiger partial charge is 0.484 e. The van der Waals surface area contributed by atoms with Gasteiger partial charge in [0.15, 0.2) is 11.0 Å². The van der Waals surface area contributed by atoms with Crippen molar-refractivity contribution >= 4 is 58.2 Å². The molecule has 2 aromatic carbocycles. The Morgan fingerprint density at radius 2 is 1.87 bits per heavy atom. The van der Waals surface area contributed by atoms with E-state index in [4.69, 9.17) is 39.5 Å². The van der Waals surface area contributed by atoms with Crippen LogP contribution in [0.3, 0.4) is 0 Å². The molecule has 1 aromatic heterocycles. The summed E-state index contributed by atoms with van der Waals surface area (Å²) in [6.07, 6.45) is 0. The van der Waals surface area contributed by atoms with E-state index in [1.807, 2.05) is 24.5 Å². The molecule has 6 nitrogen and oxygen atoms in total. The fourth-order valence-corrected chi connectivity index (χ4v) is 4.09. The third-order valence-electron chi connectivity index (χ3n) is 4.17. The van der Waals surface area contributed by atoms with Gasteiger partial charge in [0.2, 0.25) is 5.91 Å². The van der Waals surface area contributed by atoms with Crippen LogP contribution < -0.4 is 10.1 Å². The minimum Gasteiger partial charge on any atom is -0.484 e. The van der Waals surface area contributed by atoms with Gasteiger partial charge in [-0.1, -0.05) is 52.6 Å². The summed E-state index contributed by atoms with van der Waals surface area (Å²) < 4.78 is 7.64. The highest BCUT2D eigenvalue weighted by molar-refractivity contribution is 7.99. The van der Waals surface area contributed by atoms with E-state index >= 15 is 0 Å². The van der Waals surface area contributed by atoms with Gasteiger partial charge < -0.3 is 14.6 Å². The Morgan fingerprint density at radius 3 is 2.60 bits per heavy atom. The van der Waals surface area contributed by atoms with E-state index in [-0.39, 0.29) is 18.3 Å². The molecule has 0 aliphatic rings. The molecule has 0 aliphatic carbocycles. The standard InChI is InChI=1S/C20H19Cl3N4O2S/c1-3-27-18(10-29-17-7-6-13(21)8-15(17)23)25-26-20(27)30-11-19(28)24-16-9-14(22)5-4-12(16)2/h4-9H,3,10-11H2,1-2H3,(H,24,28). The van der Waals surface area contributed by atoms with Gasteiger partial charge in [-0.2, -0.15) is 0 Å². The highest BCUT2D eigenvalue weighted by Gasteiger charge is 2.15. The van der Waals surface area contributed by atoms with Gasteiger partial charge in [0, 0.05) is 22.3 Å². The molecule has 0 saturated heterocycles. The van der Waals surface area contributed by atoms with Gasteiger partial charge >= 0.3 is 0 Å². The zero-order chi connectivity index (χ0) is 21.7. The summed E-state index contributed by atoms with van der Waals surface area (Å²) in [5, 5.41) is 13.4. The Morgan fingerprint density at radius 1 is 1.13 bits per heavy atom. The minimum atomic E-state index is -0.151. The van der Waals surface area contributed by atoms with Crippen molar-refractivity contribution in [1.82, 2.24) is 14.8 Å². The average molecular weight is 486 g/mol. The quantitative estimate of drug-likeness (QED) is 0.404. The molecule has 3 aromatic rings. The predicted octanol–water partition coefficient (Wildman–Crippen LogP) is 5.88. The van der Waals surface area contributed by atoms with Crippen LogP contribution in [0, 0.1) is 6.92 Å². The van der Waals surface area contributed by atoms with E-state index in [0.29, 0.717) is 44.0 Å². The first-order chi connectivity index (χ1) is 14.4. The summed E-state index contributed by atoms with van der Waals surface area (Å²) in [6.45, 7) is 4.71. The molecule has 30 heavy (non-hydrogen) atoms. The monoisotopic (exact) mass is 484 g/mol. The molecule has 1 amide bonds. The molecular weight excluding hydrogens is 467 g/mol. The molecule has 158 valence electrons. The highest BCUT2D eigenvalue weighted by Crippen LogP contribution is 2.28. The highest BCUT2D eigenvalue weighted by atomic mass is 35.5. The van der Waals surface area contributed by atoms with Crippen molar-refractivity contribution < 1.29 is 9.53 Å². The number of halogens is 3. The van der Waals surface area contributed by atoms with Gasteiger partial charge in [-0.25, -0.2) is 0 Å². The lowest BCUT2D eigenvalue weighted by Gasteiger charge is -2.11. The summed E-state index contributed by atoms with van der Waals surface area (Å²) >= 11 is 19.3. The Balaban J connectivity index is 1.61. The first kappa shape index (κ1) is 22.7. The first-order valence-electron chi connectivity index (χ1n) is 9.06. The minimum absolute atomic E-state index is 0.151. The number of anilines is 1. The number of nitrogens with one attached hydrogen (secondary N) is 1. The normalized spacial score (nSPS) is 10.8. The van der Waals surface area contributed by atoms with Gasteiger partial charge in [-0.05, 0) is 49.7 Å². The number of amides is 1. The molecule has 0 bridgehead atoms. The van der Waals surface area contributed by atoms with Crippen LogP contribution in [0.5, 0.6) is 5.75 Å². The SMILES string of the molecule is CCn1c(COc2ccc(Cl)cc2Cl)nnc1SCC(=O)Nc1cc(Cl)ccc1C. The number of ether oxygens (including phenoxy) is 1. The van der Waals surface area contributed by atoms with Crippen LogP contribution in [0.1, 0.15) is 18.3 Å². The van der Waals surface area contributed by atoms with Crippen molar-refractivity contribution in [2.45, 2.75) is 32.2 Å². The molecular formula is C20H19Cl3N4O2S. The maximum absolute atomic E-state index is 12.3. The van der Waals surface area contributed by atoms with Crippen molar-refractivity contribution in [3.8, 4) is 5.75 Å². The van der Waals surface area contributed by atoms with Crippen molar-refractivity contribution in [3.05, 3.63) is 62.9 Å². The smallest absolute Gasteiger partial charge is 0.234 e. The lowest BCUT2D eigenvalue weighted by Crippen LogP contribution is -2.15. The van der Waals surface area contributed by atoms with Crippen LogP contribution in [0.4, 0.5) is 5.69 Å². The maximum Gasteiger partial charge on any atom is 0.234 e. The lowest BCUT2D eigenvalue weighted by atomic mass is 10.2. The van der Waals surface area contributed by atoms with Crippen molar-refractivity contribution in [2.75, 3.05) is 11.1 Å². The third-order valence-corrected chi connectivity index (χ3v) is 5.90. The maximum atomic E-state index is 12.3. The number of thioether (sulfide) groups is 1. The number of hydrogen-bond donors (Lipinski definition) is 1. The number of benzene rings is 2. The second-order valence-corrected chi connectivity index (χ2v) is 8.53. The molecule has 1 N–H and O–H groups in total. The molecule has 0 radical (unpaired) electrons. The number of nitrogens with zero attached hydrogens (tertiary/aromatic N) is 3. The Labute approximate surface area is 193 Å². The van der Waals surface area contributed by atoms with Crippen molar-refractivity contribution in [2.24, 2.45) is 0 Å². The number of aromatic nitrogens is 3. The van der Waals surface area contributed by atoms with E-state index in [2.05, 4.69) is 15.5 Å². The summed E-state index contributed by atoms with van der Waals surface area (Å²) in [4.78, 5) is 12.3. The van der Waals surface area contributed by atoms with Crippen LogP contribution in [0.15, 0.2) is 41.6 Å². The van der Waals surface area contributed by atoms with Crippen LogP contribution in [0.25, 0.3) is 0 Å². The van der Waals surface area contributed by atoms with E-state index < -0.39 is 0 Å². The van der Waals surface area contributed by atoms with E-state index in [1.54, 1.807) is 30.3 Å². The van der Waals surface area contributed by atoms with E-state index in [0.717, 1.165) is 5.56 Å². The third kappa shape index (κ3) is 5.82. The van der Waals surface area contributed by atoms with Gasteiger partial charge in [0.1, 0.15) is 12.4 Å². The molecule has 0 fully saturated rings. The first-order valence-corrected chi connectivity index (χ1v) is 11.2. The number of aryl methyl sites for hydroxylation is 1. The number of rotatable bonds is 8. The topological polar surface area (TPSA) is 69.0 Å². The number of carbonyl (C=O) groups is 1. The van der Waals surface area contributed by atoms with Gasteiger partial charge in [0.05, 0.1) is 10.8 Å². The van der Waals surface area contributed by atoms with Crippen molar-refractivity contribution in [3.63, 3.8) is 0 Å². The molecule has 0 aliphatic heterocycles. The van der Waals surface area contributed by atoms with Gasteiger partial charge in [-0.3, -0.25) is 4.79 Å². The Bertz CT molecular complexity index is 1060. The van der Waals surface area contributed by atoms with Crippen molar-refractivity contribution in [1.29, 1.82) is 0 Å². The molecule has 0 saturated carbocycles. The predicted molar refractivity (Wildman–Crippen MR) is 122 cm³/mol. The summed E-state index contributed by atoms with van der Waals surface area (Å²) in [7, 11) is 0. The number of carbonyl (C=O) groups excluding carboxylic acids is 1. The van der Waals surface area contributed by atoms with Gasteiger partial charge in [-0.15, -0.1) is 10.2 Å². The molecule has 0 atom stereocenters. The van der Waals surface area contributed by atoms with Gasteiger partial charge in [0.25, 0.3) is 0 Å². The summed E-state index contributed by atoms with van der Waals surface area (Å²) in [6, 6.07) is 10.4. The van der Waals surface area contributed by atoms with Crippen LogP contribution >= 0.6 is 46.6 Å². The Hall–Kier alpha value is -1.93. The molecule has 10 heteroatoms. The fourth-order valence-electron chi connectivity index (χ4n) is 2.63. The zero-order valence-electron chi connectivity index (χ0n) is 16.3. The Kier molecular flexibility index (Phi) is 7.88. The second-order valence-electron chi connectivity index (χ2n) is 6.30.